The predicted molar refractivity (Wildman–Crippen MR) is 60.3 cm³/mol. The Balaban J connectivity index is 3.11. The molecule has 1 N–H and O–H groups in total. The van der Waals surface area contributed by atoms with Gasteiger partial charge in [-0.05, 0) is 17.9 Å². The molecule has 1 aromatic rings. The molecule has 1 unspecified atom stereocenters. The lowest BCUT2D eigenvalue weighted by atomic mass is 9.70. The Labute approximate surface area is 86.8 Å². The lowest BCUT2D eigenvalue weighted by molar-refractivity contribution is 0.145. The summed E-state index contributed by atoms with van der Waals surface area (Å²) in [4.78, 5) is 0. The Morgan fingerprint density at radius 3 is 2.14 bits per heavy atom. The zero-order chi connectivity index (χ0) is 10.6. The summed E-state index contributed by atoms with van der Waals surface area (Å²) in [6, 6.07) is 10.3. The first kappa shape index (κ1) is 11.3. The lowest BCUT2D eigenvalue weighted by Gasteiger charge is -2.35. The summed E-state index contributed by atoms with van der Waals surface area (Å²) in [7, 11) is 0. The van der Waals surface area contributed by atoms with E-state index in [2.05, 4.69) is 32.9 Å². The molecule has 1 nitrogen and oxygen atoms in total. The van der Waals surface area contributed by atoms with Gasteiger partial charge in [0.1, 0.15) is 0 Å². The summed E-state index contributed by atoms with van der Waals surface area (Å²) < 4.78 is 0. The topological polar surface area (TPSA) is 20.2 Å². The molecule has 0 aromatic heterocycles. The third kappa shape index (κ3) is 1.83. The van der Waals surface area contributed by atoms with Crippen LogP contribution in [0.5, 0.6) is 0 Å². The van der Waals surface area contributed by atoms with E-state index in [1.807, 2.05) is 18.2 Å². The summed E-state index contributed by atoms with van der Waals surface area (Å²) in [6.45, 7) is 6.72. The molecular formula is C13H20O. The van der Waals surface area contributed by atoms with Crippen molar-refractivity contribution in [2.24, 2.45) is 5.92 Å². The van der Waals surface area contributed by atoms with Crippen molar-refractivity contribution in [1.82, 2.24) is 0 Å². The van der Waals surface area contributed by atoms with Gasteiger partial charge in [0.25, 0.3) is 0 Å². The molecule has 0 heterocycles. The Hall–Kier alpha value is -0.820. The summed E-state index contributed by atoms with van der Waals surface area (Å²) in [5, 5.41) is 9.60. The van der Waals surface area contributed by atoms with E-state index in [0.717, 1.165) is 6.42 Å². The molecule has 1 atom stereocenters. The van der Waals surface area contributed by atoms with Crippen LogP contribution in [0.4, 0.5) is 0 Å². The standard InChI is InChI=1S/C13H20O/c1-4-13(10-14,11(2)3)12-8-6-5-7-9-12/h5-9,11,14H,4,10H2,1-3H3. The van der Waals surface area contributed by atoms with E-state index in [4.69, 9.17) is 0 Å². The summed E-state index contributed by atoms with van der Waals surface area (Å²) in [5.74, 6) is 0.458. The van der Waals surface area contributed by atoms with Crippen LogP contribution in [0, 0.1) is 5.92 Å². The van der Waals surface area contributed by atoms with Crippen LogP contribution in [0.1, 0.15) is 32.8 Å². The van der Waals surface area contributed by atoms with Crippen molar-refractivity contribution in [3.63, 3.8) is 0 Å². The fourth-order valence-corrected chi connectivity index (χ4v) is 2.10. The largest absolute Gasteiger partial charge is 0.395 e. The van der Waals surface area contributed by atoms with Crippen molar-refractivity contribution in [1.29, 1.82) is 0 Å². The molecule has 1 aromatic carbocycles. The Morgan fingerprint density at radius 2 is 1.79 bits per heavy atom. The first-order chi connectivity index (χ1) is 6.67. The van der Waals surface area contributed by atoms with Gasteiger partial charge in [0.05, 0.1) is 6.61 Å². The second-order valence-corrected chi connectivity index (χ2v) is 4.19. The third-order valence-electron chi connectivity index (χ3n) is 3.37. The smallest absolute Gasteiger partial charge is 0.0530 e. The van der Waals surface area contributed by atoms with Crippen molar-refractivity contribution in [2.75, 3.05) is 6.61 Å². The Kier molecular flexibility index (Phi) is 3.70. The van der Waals surface area contributed by atoms with Crippen LogP contribution in [-0.2, 0) is 5.41 Å². The van der Waals surface area contributed by atoms with Crippen molar-refractivity contribution in [3.8, 4) is 0 Å². The fourth-order valence-electron chi connectivity index (χ4n) is 2.10. The van der Waals surface area contributed by atoms with Gasteiger partial charge in [-0.3, -0.25) is 0 Å². The van der Waals surface area contributed by atoms with Gasteiger partial charge in [-0.15, -0.1) is 0 Å². The monoisotopic (exact) mass is 192 g/mol. The van der Waals surface area contributed by atoms with Crippen LogP contribution in [0.15, 0.2) is 30.3 Å². The van der Waals surface area contributed by atoms with Crippen molar-refractivity contribution >= 4 is 0 Å². The van der Waals surface area contributed by atoms with Gasteiger partial charge in [0.15, 0.2) is 0 Å². The molecular weight excluding hydrogens is 172 g/mol. The molecule has 0 aliphatic heterocycles. The highest BCUT2D eigenvalue weighted by molar-refractivity contribution is 5.26. The van der Waals surface area contributed by atoms with Crippen molar-refractivity contribution in [3.05, 3.63) is 35.9 Å². The van der Waals surface area contributed by atoms with Crippen LogP contribution in [0.25, 0.3) is 0 Å². The zero-order valence-electron chi connectivity index (χ0n) is 9.33. The minimum atomic E-state index is -0.0682. The number of rotatable bonds is 4. The van der Waals surface area contributed by atoms with E-state index >= 15 is 0 Å². The summed E-state index contributed by atoms with van der Waals surface area (Å²) in [6.07, 6.45) is 0.977. The van der Waals surface area contributed by atoms with E-state index in [0.29, 0.717) is 5.92 Å². The van der Waals surface area contributed by atoms with Crippen LogP contribution >= 0.6 is 0 Å². The maximum Gasteiger partial charge on any atom is 0.0530 e. The van der Waals surface area contributed by atoms with E-state index in [1.54, 1.807) is 0 Å². The zero-order valence-corrected chi connectivity index (χ0v) is 9.33. The average molecular weight is 192 g/mol. The minimum absolute atomic E-state index is 0.0682. The van der Waals surface area contributed by atoms with Crippen LogP contribution in [0.2, 0.25) is 0 Å². The van der Waals surface area contributed by atoms with E-state index in [9.17, 15) is 5.11 Å². The predicted octanol–water partition coefficient (Wildman–Crippen LogP) is 2.98. The molecule has 1 heteroatoms. The summed E-state index contributed by atoms with van der Waals surface area (Å²) in [5.41, 5.74) is 1.18. The molecule has 0 radical (unpaired) electrons. The number of benzene rings is 1. The van der Waals surface area contributed by atoms with E-state index in [1.165, 1.54) is 5.56 Å². The van der Waals surface area contributed by atoms with Gasteiger partial charge in [-0.25, -0.2) is 0 Å². The van der Waals surface area contributed by atoms with Crippen LogP contribution < -0.4 is 0 Å². The second kappa shape index (κ2) is 4.61. The van der Waals surface area contributed by atoms with Gasteiger partial charge < -0.3 is 5.11 Å². The van der Waals surface area contributed by atoms with Crippen LogP contribution in [0.3, 0.4) is 0 Å². The summed E-state index contributed by atoms with van der Waals surface area (Å²) >= 11 is 0. The minimum Gasteiger partial charge on any atom is -0.395 e. The Bertz CT molecular complexity index is 260. The molecule has 1 rings (SSSR count). The molecule has 0 bridgehead atoms. The number of aliphatic hydroxyl groups excluding tert-OH is 1. The lowest BCUT2D eigenvalue weighted by Crippen LogP contribution is -2.35. The first-order valence-electron chi connectivity index (χ1n) is 5.33. The molecule has 0 spiro atoms. The third-order valence-corrected chi connectivity index (χ3v) is 3.37. The van der Waals surface area contributed by atoms with Gasteiger partial charge in [-0.1, -0.05) is 51.1 Å². The SMILES string of the molecule is CCC(CO)(c1ccccc1)C(C)C. The average Bonchev–Trinajstić information content (AvgIpc) is 2.22. The number of aliphatic hydroxyl groups is 1. The molecule has 0 aliphatic carbocycles. The second-order valence-electron chi connectivity index (χ2n) is 4.19. The van der Waals surface area contributed by atoms with Gasteiger partial charge in [-0.2, -0.15) is 0 Å². The molecule has 0 fully saturated rings. The van der Waals surface area contributed by atoms with Gasteiger partial charge in [0, 0.05) is 5.41 Å². The maximum atomic E-state index is 9.60. The maximum absolute atomic E-state index is 9.60. The van der Waals surface area contributed by atoms with Gasteiger partial charge >= 0.3 is 0 Å². The molecule has 0 saturated carbocycles. The van der Waals surface area contributed by atoms with Crippen molar-refractivity contribution in [2.45, 2.75) is 32.6 Å². The molecule has 0 amide bonds. The number of hydrogen-bond acceptors (Lipinski definition) is 1. The van der Waals surface area contributed by atoms with Gasteiger partial charge in [0.2, 0.25) is 0 Å². The highest BCUT2D eigenvalue weighted by Gasteiger charge is 2.32. The number of hydrogen-bond donors (Lipinski definition) is 1. The quantitative estimate of drug-likeness (QED) is 0.777. The fraction of sp³-hybridized carbons (Fsp3) is 0.538. The highest BCUT2D eigenvalue weighted by atomic mass is 16.3. The Morgan fingerprint density at radius 1 is 1.21 bits per heavy atom. The molecule has 0 saturated heterocycles. The van der Waals surface area contributed by atoms with E-state index < -0.39 is 0 Å². The highest BCUT2D eigenvalue weighted by Crippen LogP contribution is 2.34. The normalized spacial score (nSPS) is 15.5. The molecule has 0 aliphatic rings. The molecule has 14 heavy (non-hydrogen) atoms. The van der Waals surface area contributed by atoms with Crippen molar-refractivity contribution < 1.29 is 5.11 Å². The molecule has 78 valence electrons. The van der Waals surface area contributed by atoms with E-state index in [-0.39, 0.29) is 12.0 Å². The van der Waals surface area contributed by atoms with Crippen LogP contribution in [-0.4, -0.2) is 11.7 Å². The first-order valence-corrected chi connectivity index (χ1v) is 5.33.